The lowest BCUT2D eigenvalue weighted by Crippen LogP contribution is -1.90. The lowest BCUT2D eigenvalue weighted by atomic mass is 9.92. The Kier molecular flexibility index (Phi) is 7.44. The van der Waals surface area contributed by atoms with Crippen LogP contribution < -0.4 is 0 Å². The van der Waals surface area contributed by atoms with Crippen LogP contribution in [0.1, 0.15) is 56.6 Å². The fourth-order valence-corrected chi connectivity index (χ4v) is 3.75. The predicted molar refractivity (Wildman–Crippen MR) is 119 cm³/mol. The Morgan fingerprint density at radius 2 is 1.32 bits per heavy atom. The maximum Gasteiger partial charge on any atom is 0.0991 e. The first-order valence-corrected chi connectivity index (χ1v) is 10.5. The minimum absolute atomic E-state index is 0.698. The summed E-state index contributed by atoms with van der Waals surface area (Å²) in [4.78, 5) is 0. The molecule has 0 fully saturated rings. The maximum absolute atomic E-state index is 9.23. The molecule has 0 aliphatic heterocycles. The van der Waals surface area contributed by atoms with Crippen LogP contribution in [0, 0.1) is 11.3 Å². The van der Waals surface area contributed by atoms with Gasteiger partial charge in [0.15, 0.2) is 0 Å². The van der Waals surface area contributed by atoms with Gasteiger partial charge in [-0.15, -0.1) is 0 Å². The molecule has 0 bridgehead atoms. The highest BCUT2D eigenvalue weighted by Gasteiger charge is 2.08. The van der Waals surface area contributed by atoms with Gasteiger partial charge in [0.05, 0.1) is 11.6 Å². The third kappa shape index (κ3) is 5.33. The highest BCUT2D eigenvalue weighted by molar-refractivity contribution is 5.84. The molecule has 0 radical (unpaired) electrons. The number of unbranched alkanes of at least 4 members (excludes halogenated alkanes) is 5. The summed E-state index contributed by atoms with van der Waals surface area (Å²) < 4.78 is 0. The first-order chi connectivity index (χ1) is 13.8. The van der Waals surface area contributed by atoms with Crippen LogP contribution in [0.15, 0.2) is 72.8 Å². The number of nitrogens with zero attached hydrogens (tertiary/aromatic N) is 1. The zero-order valence-electron chi connectivity index (χ0n) is 16.8. The molecule has 0 saturated carbocycles. The van der Waals surface area contributed by atoms with Gasteiger partial charge in [0.2, 0.25) is 0 Å². The Bertz CT molecular complexity index is 933. The van der Waals surface area contributed by atoms with Crippen molar-refractivity contribution in [1.29, 1.82) is 5.26 Å². The van der Waals surface area contributed by atoms with Crippen LogP contribution in [0.4, 0.5) is 0 Å². The molecule has 3 aromatic rings. The van der Waals surface area contributed by atoms with Crippen molar-refractivity contribution in [2.75, 3.05) is 0 Å². The van der Waals surface area contributed by atoms with Crippen LogP contribution >= 0.6 is 0 Å². The van der Waals surface area contributed by atoms with Gasteiger partial charge in [-0.1, -0.05) is 99.7 Å². The Labute approximate surface area is 169 Å². The first-order valence-electron chi connectivity index (χ1n) is 10.5. The van der Waals surface area contributed by atoms with Crippen molar-refractivity contribution in [3.8, 4) is 28.3 Å². The summed E-state index contributed by atoms with van der Waals surface area (Å²) in [5.74, 6) is 0. The van der Waals surface area contributed by atoms with Crippen molar-refractivity contribution >= 4 is 0 Å². The van der Waals surface area contributed by atoms with Gasteiger partial charge < -0.3 is 0 Å². The largest absolute Gasteiger partial charge is 0.192 e. The lowest BCUT2D eigenvalue weighted by molar-refractivity contribution is 0.607. The summed E-state index contributed by atoms with van der Waals surface area (Å²) in [7, 11) is 0. The first kappa shape index (κ1) is 19.9. The number of aryl methyl sites for hydroxylation is 1. The molecular formula is C27H29N. The zero-order valence-corrected chi connectivity index (χ0v) is 16.8. The topological polar surface area (TPSA) is 23.8 Å². The van der Waals surface area contributed by atoms with Gasteiger partial charge in [-0.25, -0.2) is 0 Å². The van der Waals surface area contributed by atoms with E-state index in [1.54, 1.807) is 0 Å². The fraction of sp³-hybridized carbons (Fsp3) is 0.296. The Balaban J connectivity index is 1.78. The van der Waals surface area contributed by atoms with E-state index in [0.29, 0.717) is 5.56 Å². The molecule has 3 rings (SSSR count). The molecule has 0 aliphatic rings. The molecule has 0 aliphatic carbocycles. The van der Waals surface area contributed by atoms with E-state index in [0.717, 1.165) is 12.0 Å². The van der Waals surface area contributed by atoms with Crippen molar-refractivity contribution in [3.05, 3.63) is 83.9 Å². The van der Waals surface area contributed by atoms with Crippen LogP contribution in [0.5, 0.6) is 0 Å². The molecule has 0 unspecified atom stereocenters. The number of nitriles is 1. The van der Waals surface area contributed by atoms with Gasteiger partial charge in [0.1, 0.15) is 0 Å². The SMILES string of the molecule is CCCCCCCCc1cccc(-c2ccccc2-c2cccc(C#N)c2)c1. The van der Waals surface area contributed by atoms with Gasteiger partial charge >= 0.3 is 0 Å². The van der Waals surface area contributed by atoms with Crippen LogP contribution in [-0.4, -0.2) is 0 Å². The second-order valence-corrected chi connectivity index (χ2v) is 7.46. The van der Waals surface area contributed by atoms with Gasteiger partial charge in [-0.3, -0.25) is 0 Å². The van der Waals surface area contributed by atoms with Gasteiger partial charge in [-0.2, -0.15) is 5.26 Å². The summed E-state index contributed by atoms with van der Waals surface area (Å²) in [6.07, 6.45) is 9.11. The minimum Gasteiger partial charge on any atom is -0.192 e. The van der Waals surface area contributed by atoms with E-state index >= 15 is 0 Å². The highest BCUT2D eigenvalue weighted by Crippen LogP contribution is 2.33. The number of hydrogen-bond acceptors (Lipinski definition) is 1. The second-order valence-electron chi connectivity index (χ2n) is 7.46. The normalized spacial score (nSPS) is 10.6. The van der Waals surface area contributed by atoms with Crippen molar-refractivity contribution in [2.24, 2.45) is 0 Å². The Morgan fingerprint density at radius 1 is 0.679 bits per heavy atom. The number of hydrogen-bond donors (Lipinski definition) is 0. The summed E-state index contributed by atoms with van der Waals surface area (Å²) in [6.45, 7) is 2.26. The third-order valence-corrected chi connectivity index (χ3v) is 5.29. The molecule has 0 spiro atoms. The van der Waals surface area contributed by atoms with Crippen LogP contribution in [0.2, 0.25) is 0 Å². The number of benzene rings is 3. The highest BCUT2D eigenvalue weighted by atomic mass is 14.2. The Hall–Kier alpha value is -2.85. The quantitative estimate of drug-likeness (QED) is 0.354. The molecule has 3 aromatic carbocycles. The standard InChI is InChI=1S/C27H29N/c1-2-3-4-5-6-7-12-22-13-10-15-24(19-22)26-17-8-9-18-27(26)25-16-11-14-23(20-25)21-28/h8-11,13-20H,2-7,12H2,1H3. The molecule has 0 aromatic heterocycles. The minimum atomic E-state index is 0.698. The fourth-order valence-electron chi connectivity index (χ4n) is 3.75. The average Bonchev–Trinajstić information content (AvgIpc) is 2.76. The third-order valence-electron chi connectivity index (χ3n) is 5.29. The molecule has 0 heterocycles. The van der Waals surface area contributed by atoms with Crippen molar-refractivity contribution < 1.29 is 0 Å². The molecule has 0 amide bonds. The molecule has 0 N–H and O–H groups in total. The Morgan fingerprint density at radius 3 is 2.04 bits per heavy atom. The molecule has 1 heteroatoms. The number of rotatable bonds is 9. The average molecular weight is 368 g/mol. The van der Waals surface area contributed by atoms with E-state index in [2.05, 4.69) is 67.6 Å². The van der Waals surface area contributed by atoms with E-state index in [-0.39, 0.29) is 0 Å². The maximum atomic E-state index is 9.23. The lowest BCUT2D eigenvalue weighted by Gasteiger charge is -2.12. The van der Waals surface area contributed by atoms with E-state index in [9.17, 15) is 5.26 Å². The van der Waals surface area contributed by atoms with Crippen molar-refractivity contribution in [2.45, 2.75) is 51.9 Å². The van der Waals surface area contributed by atoms with Gasteiger partial charge in [-0.05, 0) is 52.8 Å². The summed E-state index contributed by atoms with van der Waals surface area (Å²) in [5.41, 5.74) is 6.86. The van der Waals surface area contributed by atoms with Crippen molar-refractivity contribution in [1.82, 2.24) is 0 Å². The summed E-state index contributed by atoms with van der Waals surface area (Å²) in [6, 6.07) is 27.5. The van der Waals surface area contributed by atoms with E-state index in [1.807, 2.05) is 18.2 Å². The monoisotopic (exact) mass is 367 g/mol. The van der Waals surface area contributed by atoms with Gasteiger partial charge in [0.25, 0.3) is 0 Å². The molecule has 0 atom stereocenters. The molecule has 0 saturated heterocycles. The molecule has 1 nitrogen and oxygen atoms in total. The second kappa shape index (κ2) is 10.5. The van der Waals surface area contributed by atoms with E-state index < -0.39 is 0 Å². The smallest absolute Gasteiger partial charge is 0.0991 e. The predicted octanol–water partition coefficient (Wildman–Crippen LogP) is 7.80. The zero-order chi connectivity index (χ0) is 19.6. The molecule has 28 heavy (non-hydrogen) atoms. The van der Waals surface area contributed by atoms with Crippen molar-refractivity contribution in [3.63, 3.8) is 0 Å². The van der Waals surface area contributed by atoms with Crippen LogP contribution in [0.3, 0.4) is 0 Å². The van der Waals surface area contributed by atoms with Gasteiger partial charge in [0, 0.05) is 0 Å². The molecular weight excluding hydrogens is 338 g/mol. The van der Waals surface area contributed by atoms with E-state index in [4.69, 9.17) is 0 Å². The molecule has 142 valence electrons. The summed E-state index contributed by atoms with van der Waals surface area (Å²) in [5, 5.41) is 9.23. The summed E-state index contributed by atoms with van der Waals surface area (Å²) >= 11 is 0. The van der Waals surface area contributed by atoms with Crippen LogP contribution in [-0.2, 0) is 6.42 Å². The van der Waals surface area contributed by atoms with E-state index in [1.165, 1.54) is 60.8 Å². The van der Waals surface area contributed by atoms with Crippen LogP contribution in [0.25, 0.3) is 22.3 Å².